The van der Waals surface area contributed by atoms with Gasteiger partial charge in [0.1, 0.15) is 0 Å². The topological polar surface area (TPSA) is 60.2 Å². The summed E-state index contributed by atoms with van der Waals surface area (Å²) in [4.78, 5) is 4.41. The maximum Gasteiger partial charge on any atom is 0.240 e. The van der Waals surface area contributed by atoms with Gasteiger partial charge in [-0.1, -0.05) is 18.5 Å². The van der Waals surface area contributed by atoms with Gasteiger partial charge < -0.3 is 14.6 Å². The molecule has 1 atom stereocenters. The minimum atomic E-state index is -0.172. The number of hydrogen-bond acceptors (Lipinski definition) is 5. The highest BCUT2D eigenvalue weighted by Gasteiger charge is 2.45. The van der Waals surface area contributed by atoms with E-state index in [4.69, 9.17) is 9.26 Å². The molecular weight excluding hydrogens is 254 g/mol. The lowest BCUT2D eigenvalue weighted by Gasteiger charge is -2.27. The Labute approximate surface area is 121 Å². The lowest BCUT2D eigenvalue weighted by molar-refractivity contribution is -0.0700. The van der Waals surface area contributed by atoms with Gasteiger partial charge in [-0.05, 0) is 40.5 Å². The number of nitrogens with zero attached hydrogens (tertiary/aromatic N) is 2. The van der Waals surface area contributed by atoms with Crippen molar-refractivity contribution in [2.45, 2.75) is 84.1 Å². The molecule has 0 bridgehead atoms. The maximum absolute atomic E-state index is 6.07. The van der Waals surface area contributed by atoms with Crippen LogP contribution in [0, 0.1) is 0 Å². The second-order valence-electron chi connectivity index (χ2n) is 6.81. The molecule has 1 N–H and O–H groups in total. The van der Waals surface area contributed by atoms with Gasteiger partial charge in [-0.2, -0.15) is 4.98 Å². The molecule has 0 radical (unpaired) electrons. The molecule has 114 valence electrons. The summed E-state index contributed by atoms with van der Waals surface area (Å²) in [7, 11) is 0. The van der Waals surface area contributed by atoms with Gasteiger partial charge in [-0.15, -0.1) is 0 Å². The molecule has 0 saturated carbocycles. The zero-order chi connectivity index (χ0) is 14.8. The molecule has 1 aromatic heterocycles. The highest BCUT2D eigenvalue weighted by atomic mass is 16.5. The Balaban J connectivity index is 1.87. The lowest BCUT2D eigenvalue weighted by Crippen LogP contribution is -2.43. The molecule has 1 aliphatic rings. The van der Waals surface area contributed by atoms with E-state index in [9.17, 15) is 0 Å². The third kappa shape index (κ3) is 3.79. The van der Waals surface area contributed by atoms with Crippen LogP contribution in [0.25, 0.3) is 0 Å². The fourth-order valence-electron chi connectivity index (χ4n) is 2.89. The first kappa shape index (κ1) is 15.4. The fraction of sp³-hybridized carbons (Fsp3) is 0.867. The van der Waals surface area contributed by atoms with E-state index in [2.05, 4.69) is 50.1 Å². The van der Waals surface area contributed by atoms with Crippen molar-refractivity contribution in [2.75, 3.05) is 0 Å². The molecule has 0 amide bonds. The Morgan fingerprint density at radius 1 is 1.30 bits per heavy atom. The zero-order valence-electron chi connectivity index (χ0n) is 13.3. The molecule has 0 aliphatic carbocycles. The van der Waals surface area contributed by atoms with Crippen LogP contribution in [0.4, 0.5) is 0 Å². The summed E-state index contributed by atoms with van der Waals surface area (Å²) in [5, 5.41) is 7.50. The molecular formula is C15H27N3O2. The smallest absolute Gasteiger partial charge is 0.240 e. The van der Waals surface area contributed by atoms with Crippen LogP contribution >= 0.6 is 0 Å². The van der Waals surface area contributed by atoms with Crippen LogP contribution in [0.15, 0.2) is 4.52 Å². The zero-order valence-corrected chi connectivity index (χ0v) is 13.3. The molecule has 5 heteroatoms. The molecule has 20 heavy (non-hydrogen) atoms. The first-order valence-corrected chi connectivity index (χ1v) is 7.57. The van der Waals surface area contributed by atoms with Crippen LogP contribution in [0.3, 0.4) is 0 Å². The predicted octanol–water partition coefficient (Wildman–Crippen LogP) is 2.85. The number of hydrogen-bond donors (Lipinski definition) is 1. The van der Waals surface area contributed by atoms with Crippen LogP contribution in [-0.4, -0.2) is 27.4 Å². The van der Waals surface area contributed by atoms with Crippen molar-refractivity contribution in [3.8, 4) is 0 Å². The maximum atomic E-state index is 6.07. The third-order valence-corrected chi connectivity index (χ3v) is 3.84. The summed E-state index contributed by atoms with van der Waals surface area (Å²) in [6.07, 6.45) is 4.12. The number of nitrogens with one attached hydrogen (secondary N) is 1. The molecule has 0 spiro atoms. The molecule has 1 aliphatic heterocycles. The van der Waals surface area contributed by atoms with Crippen molar-refractivity contribution in [3.05, 3.63) is 11.7 Å². The molecule has 1 fully saturated rings. The van der Waals surface area contributed by atoms with E-state index in [0.717, 1.165) is 31.5 Å². The standard InChI is InChI=1S/C15H27N3O2/c1-6-7-8-12-17-13(19-18-12)10-16-11-9-14(2,3)20-15(11,4)5/h11,16H,6-10H2,1-5H3/t11-/m1/s1. The summed E-state index contributed by atoms with van der Waals surface area (Å²) in [6.45, 7) is 11.3. The third-order valence-electron chi connectivity index (χ3n) is 3.84. The van der Waals surface area contributed by atoms with Crippen LogP contribution in [-0.2, 0) is 17.7 Å². The number of unbranched alkanes of at least 4 members (excludes halogenated alkanes) is 1. The van der Waals surface area contributed by atoms with Crippen molar-refractivity contribution < 1.29 is 9.26 Å². The predicted molar refractivity (Wildman–Crippen MR) is 77.4 cm³/mol. The summed E-state index contributed by atoms with van der Waals surface area (Å²) >= 11 is 0. The molecule has 5 nitrogen and oxygen atoms in total. The Morgan fingerprint density at radius 3 is 2.65 bits per heavy atom. The van der Waals surface area contributed by atoms with Gasteiger partial charge in [-0.3, -0.25) is 0 Å². The van der Waals surface area contributed by atoms with Gasteiger partial charge in [0, 0.05) is 12.5 Å². The normalized spacial score (nSPS) is 24.1. The van der Waals surface area contributed by atoms with E-state index in [1.165, 1.54) is 0 Å². The van der Waals surface area contributed by atoms with Crippen LogP contribution in [0.2, 0.25) is 0 Å². The van der Waals surface area contributed by atoms with E-state index in [1.54, 1.807) is 0 Å². The van der Waals surface area contributed by atoms with Gasteiger partial charge in [-0.25, -0.2) is 0 Å². The second kappa shape index (κ2) is 5.82. The number of ether oxygens (including phenoxy) is 1. The van der Waals surface area contributed by atoms with Gasteiger partial charge in [0.15, 0.2) is 5.82 Å². The average molecular weight is 281 g/mol. The van der Waals surface area contributed by atoms with E-state index >= 15 is 0 Å². The molecule has 2 heterocycles. The van der Waals surface area contributed by atoms with Crippen LogP contribution < -0.4 is 5.32 Å². The van der Waals surface area contributed by atoms with E-state index < -0.39 is 0 Å². The van der Waals surface area contributed by atoms with Crippen LogP contribution in [0.1, 0.15) is 65.6 Å². The van der Waals surface area contributed by atoms with Crippen molar-refractivity contribution in [2.24, 2.45) is 0 Å². The van der Waals surface area contributed by atoms with Crippen LogP contribution in [0.5, 0.6) is 0 Å². The largest absolute Gasteiger partial charge is 0.368 e. The molecule has 0 aromatic carbocycles. The minimum absolute atomic E-state index is 0.0811. The Bertz CT molecular complexity index is 440. The number of aromatic nitrogens is 2. The molecule has 2 rings (SSSR count). The first-order valence-electron chi connectivity index (χ1n) is 7.57. The van der Waals surface area contributed by atoms with Crippen molar-refractivity contribution in [3.63, 3.8) is 0 Å². The highest BCUT2D eigenvalue weighted by Crippen LogP contribution is 2.37. The van der Waals surface area contributed by atoms with Crippen molar-refractivity contribution in [1.29, 1.82) is 0 Å². The second-order valence-corrected chi connectivity index (χ2v) is 6.81. The fourth-order valence-corrected chi connectivity index (χ4v) is 2.89. The van der Waals surface area contributed by atoms with Gasteiger partial charge in [0.05, 0.1) is 17.7 Å². The minimum Gasteiger partial charge on any atom is -0.368 e. The summed E-state index contributed by atoms with van der Waals surface area (Å²) in [5.74, 6) is 1.47. The summed E-state index contributed by atoms with van der Waals surface area (Å²) in [6, 6.07) is 0.295. The molecule has 1 saturated heterocycles. The summed E-state index contributed by atoms with van der Waals surface area (Å²) < 4.78 is 11.3. The Hall–Kier alpha value is -0.940. The number of aryl methyl sites for hydroxylation is 1. The quantitative estimate of drug-likeness (QED) is 0.869. The highest BCUT2D eigenvalue weighted by molar-refractivity contribution is 4.99. The van der Waals surface area contributed by atoms with Gasteiger partial charge in [0.25, 0.3) is 0 Å². The number of rotatable bonds is 6. The average Bonchev–Trinajstić information content (AvgIpc) is 2.85. The van der Waals surface area contributed by atoms with E-state index in [1.807, 2.05) is 0 Å². The SMILES string of the molecule is CCCCc1noc(CN[C@@H]2CC(C)(C)OC2(C)C)n1. The first-order chi connectivity index (χ1) is 9.32. The Morgan fingerprint density at radius 2 is 2.05 bits per heavy atom. The molecule has 0 unspecified atom stereocenters. The summed E-state index contributed by atoms with van der Waals surface area (Å²) in [5.41, 5.74) is -0.253. The van der Waals surface area contributed by atoms with Crippen molar-refractivity contribution >= 4 is 0 Å². The monoisotopic (exact) mass is 281 g/mol. The van der Waals surface area contributed by atoms with E-state index in [0.29, 0.717) is 18.5 Å². The van der Waals surface area contributed by atoms with Gasteiger partial charge in [0.2, 0.25) is 5.89 Å². The van der Waals surface area contributed by atoms with E-state index in [-0.39, 0.29) is 11.2 Å². The van der Waals surface area contributed by atoms with Crippen molar-refractivity contribution in [1.82, 2.24) is 15.5 Å². The Kier molecular flexibility index (Phi) is 4.49. The molecule has 1 aromatic rings. The lowest BCUT2D eigenvalue weighted by atomic mass is 9.94. The van der Waals surface area contributed by atoms with Gasteiger partial charge >= 0.3 is 0 Å².